The maximum atomic E-state index is 12.6. The third-order valence-electron chi connectivity index (χ3n) is 4.25. The average Bonchev–Trinajstić information content (AvgIpc) is 2.68. The minimum absolute atomic E-state index is 0.137. The van der Waals surface area contributed by atoms with E-state index in [1.807, 2.05) is 36.4 Å². The quantitative estimate of drug-likeness (QED) is 0.387. The SMILES string of the molecule is FC(F)(F)c1ccc(CCOc2cccc3c(OCC=C(Cl)Cl)cccc23)cc1. The second kappa shape index (κ2) is 9.42. The zero-order valence-electron chi connectivity index (χ0n) is 15.2. The topological polar surface area (TPSA) is 18.5 Å². The molecule has 0 N–H and O–H groups in total. The first-order valence-electron chi connectivity index (χ1n) is 8.79. The first-order valence-corrected chi connectivity index (χ1v) is 9.55. The van der Waals surface area contributed by atoms with Crippen molar-refractivity contribution in [3.8, 4) is 11.5 Å². The van der Waals surface area contributed by atoms with E-state index in [-0.39, 0.29) is 11.1 Å². The maximum absolute atomic E-state index is 12.6. The summed E-state index contributed by atoms with van der Waals surface area (Å²) in [5.74, 6) is 1.34. The molecule has 0 aromatic heterocycles. The van der Waals surface area contributed by atoms with Crippen LogP contribution in [0.3, 0.4) is 0 Å². The van der Waals surface area contributed by atoms with Crippen molar-refractivity contribution in [2.75, 3.05) is 13.2 Å². The van der Waals surface area contributed by atoms with Gasteiger partial charge < -0.3 is 9.47 Å². The molecule has 0 spiro atoms. The maximum Gasteiger partial charge on any atom is 0.416 e. The van der Waals surface area contributed by atoms with Crippen LogP contribution in [0.4, 0.5) is 13.2 Å². The molecule has 152 valence electrons. The Morgan fingerprint density at radius 3 is 1.97 bits per heavy atom. The van der Waals surface area contributed by atoms with Crippen LogP contribution >= 0.6 is 23.2 Å². The van der Waals surface area contributed by atoms with E-state index < -0.39 is 11.7 Å². The fourth-order valence-electron chi connectivity index (χ4n) is 2.84. The fourth-order valence-corrected chi connectivity index (χ4v) is 2.96. The van der Waals surface area contributed by atoms with Gasteiger partial charge in [-0.1, -0.05) is 59.6 Å². The summed E-state index contributed by atoms with van der Waals surface area (Å²) in [4.78, 5) is 0. The summed E-state index contributed by atoms with van der Waals surface area (Å²) in [6, 6.07) is 16.3. The van der Waals surface area contributed by atoms with Gasteiger partial charge in [0.1, 0.15) is 22.6 Å². The number of benzene rings is 3. The Balaban J connectivity index is 1.68. The Labute approximate surface area is 176 Å². The molecule has 0 heterocycles. The molecule has 7 heteroatoms. The molecule has 0 bridgehead atoms. The van der Waals surface area contributed by atoms with Gasteiger partial charge in [0.25, 0.3) is 0 Å². The zero-order valence-corrected chi connectivity index (χ0v) is 16.7. The molecule has 3 rings (SSSR count). The van der Waals surface area contributed by atoms with Gasteiger partial charge in [-0.3, -0.25) is 0 Å². The number of rotatable bonds is 7. The van der Waals surface area contributed by atoms with Crippen molar-refractivity contribution in [3.63, 3.8) is 0 Å². The van der Waals surface area contributed by atoms with Crippen LogP contribution < -0.4 is 9.47 Å². The van der Waals surface area contributed by atoms with Gasteiger partial charge in [0.15, 0.2) is 0 Å². The van der Waals surface area contributed by atoms with E-state index in [0.717, 1.165) is 28.5 Å². The highest BCUT2D eigenvalue weighted by atomic mass is 35.5. The van der Waals surface area contributed by atoms with Gasteiger partial charge in [0.05, 0.1) is 12.2 Å². The molecule has 0 aliphatic rings. The normalized spacial score (nSPS) is 11.3. The third-order valence-corrected chi connectivity index (χ3v) is 4.56. The van der Waals surface area contributed by atoms with Crippen molar-refractivity contribution in [2.24, 2.45) is 0 Å². The predicted molar refractivity (Wildman–Crippen MR) is 110 cm³/mol. The Kier molecular flexibility index (Phi) is 6.93. The van der Waals surface area contributed by atoms with Crippen LogP contribution in [0.1, 0.15) is 11.1 Å². The van der Waals surface area contributed by atoms with Crippen LogP contribution in [-0.2, 0) is 12.6 Å². The highest BCUT2D eigenvalue weighted by Gasteiger charge is 2.29. The van der Waals surface area contributed by atoms with Crippen LogP contribution in [0.15, 0.2) is 71.2 Å². The standard InChI is InChI=1S/C22H17Cl2F3O2/c23-21(24)12-14-29-20-6-2-3-17-18(20)4-1-5-19(17)28-13-11-15-7-9-16(10-8-15)22(25,26)27/h1-10,12H,11,13-14H2. The van der Waals surface area contributed by atoms with Crippen molar-refractivity contribution in [1.82, 2.24) is 0 Å². The lowest BCUT2D eigenvalue weighted by molar-refractivity contribution is -0.137. The fraction of sp³-hybridized carbons (Fsp3) is 0.182. The highest BCUT2D eigenvalue weighted by Crippen LogP contribution is 2.32. The van der Waals surface area contributed by atoms with Crippen molar-refractivity contribution < 1.29 is 22.6 Å². The van der Waals surface area contributed by atoms with Crippen LogP contribution in [0.5, 0.6) is 11.5 Å². The molecule has 0 saturated carbocycles. The molecule has 0 fully saturated rings. The molecule has 0 aliphatic heterocycles. The molecule has 3 aromatic rings. The molecule has 0 radical (unpaired) electrons. The Morgan fingerprint density at radius 2 is 1.41 bits per heavy atom. The largest absolute Gasteiger partial charge is 0.493 e. The Bertz CT molecular complexity index is 995. The van der Waals surface area contributed by atoms with Crippen molar-refractivity contribution in [1.29, 1.82) is 0 Å². The van der Waals surface area contributed by atoms with Gasteiger partial charge in [-0.2, -0.15) is 13.2 Å². The summed E-state index contributed by atoms with van der Waals surface area (Å²) in [5, 5.41) is 1.75. The number of ether oxygens (including phenoxy) is 2. The summed E-state index contributed by atoms with van der Waals surface area (Å²) in [6.45, 7) is 0.570. The van der Waals surface area contributed by atoms with E-state index in [1.165, 1.54) is 12.1 Å². The van der Waals surface area contributed by atoms with Gasteiger partial charge in [-0.15, -0.1) is 0 Å². The van der Waals surface area contributed by atoms with E-state index in [9.17, 15) is 13.2 Å². The van der Waals surface area contributed by atoms with Gasteiger partial charge >= 0.3 is 6.18 Å². The molecular weight excluding hydrogens is 424 g/mol. The summed E-state index contributed by atoms with van der Waals surface area (Å²) < 4.78 is 49.6. The average molecular weight is 441 g/mol. The lowest BCUT2D eigenvalue weighted by atomic mass is 10.1. The van der Waals surface area contributed by atoms with Crippen LogP contribution in [0.25, 0.3) is 10.8 Å². The number of hydrogen-bond acceptors (Lipinski definition) is 2. The van der Waals surface area contributed by atoms with E-state index in [0.29, 0.717) is 24.5 Å². The predicted octanol–water partition coefficient (Wildman–Crippen LogP) is 7.18. The van der Waals surface area contributed by atoms with E-state index in [1.54, 1.807) is 6.08 Å². The minimum atomic E-state index is -4.33. The summed E-state index contributed by atoms with van der Waals surface area (Å²) in [7, 11) is 0. The van der Waals surface area contributed by atoms with Gasteiger partial charge in [-0.05, 0) is 35.9 Å². The second-order valence-corrected chi connectivity index (χ2v) is 7.21. The molecule has 0 aliphatic carbocycles. The van der Waals surface area contributed by atoms with Crippen LogP contribution in [0.2, 0.25) is 0 Å². The van der Waals surface area contributed by atoms with E-state index in [2.05, 4.69) is 0 Å². The summed E-state index contributed by atoms with van der Waals surface area (Å²) in [6.07, 6.45) is -2.29. The van der Waals surface area contributed by atoms with Gasteiger partial charge in [0.2, 0.25) is 0 Å². The number of hydrogen-bond donors (Lipinski definition) is 0. The lowest BCUT2D eigenvalue weighted by Crippen LogP contribution is -2.06. The summed E-state index contributed by atoms with van der Waals surface area (Å²) in [5.41, 5.74) is 0.112. The summed E-state index contributed by atoms with van der Waals surface area (Å²) >= 11 is 11.2. The van der Waals surface area contributed by atoms with E-state index >= 15 is 0 Å². The molecule has 0 atom stereocenters. The van der Waals surface area contributed by atoms with Crippen molar-refractivity contribution >= 4 is 34.0 Å². The third kappa shape index (κ3) is 5.81. The molecule has 2 nitrogen and oxygen atoms in total. The molecule has 29 heavy (non-hydrogen) atoms. The molecular formula is C22H17Cl2F3O2. The monoisotopic (exact) mass is 440 g/mol. The highest BCUT2D eigenvalue weighted by molar-refractivity contribution is 6.55. The Hall–Kier alpha value is -2.37. The first-order chi connectivity index (χ1) is 13.8. The van der Waals surface area contributed by atoms with Crippen molar-refractivity contribution in [3.05, 3.63) is 82.4 Å². The smallest absolute Gasteiger partial charge is 0.416 e. The van der Waals surface area contributed by atoms with Gasteiger partial charge in [-0.25, -0.2) is 0 Å². The Morgan fingerprint density at radius 1 is 0.828 bits per heavy atom. The number of fused-ring (bicyclic) bond motifs is 1. The molecule has 0 amide bonds. The van der Waals surface area contributed by atoms with Crippen molar-refractivity contribution in [2.45, 2.75) is 12.6 Å². The second-order valence-electron chi connectivity index (χ2n) is 6.21. The number of alkyl halides is 3. The molecule has 0 unspecified atom stereocenters. The zero-order chi connectivity index (χ0) is 20.9. The van der Waals surface area contributed by atoms with Crippen LogP contribution in [-0.4, -0.2) is 13.2 Å². The van der Waals surface area contributed by atoms with Crippen LogP contribution in [0, 0.1) is 0 Å². The first kappa shape index (κ1) is 21.3. The number of halogens is 5. The lowest BCUT2D eigenvalue weighted by Gasteiger charge is -2.12. The van der Waals surface area contributed by atoms with Gasteiger partial charge in [0, 0.05) is 17.2 Å². The molecule has 3 aromatic carbocycles. The minimum Gasteiger partial charge on any atom is -0.493 e. The molecule has 0 saturated heterocycles. The van der Waals surface area contributed by atoms with E-state index in [4.69, 9.17) is 32.7 Å².